The largest absolute Gasteiger partial charge is 0.475 e. The average molecular weight is 465 g/mol. The molecule has 1 aliphatic heterocycles. The molecule has 1 aliphatic rings. The first-order valence-corrected chi connectivity index (χ1v) is 12.9. The van der Waals surface area contributed by atoms with E-state index in [0.29, 0.717) is 6.42 Å². The molecule has 9 nitrogen and oxygen atoms in total. The van der Waals surface area contributed by atoms with Gasteiger partial charge in [-0.3, -0.25) is 23.2 Å². The highest BCUT2D eigenvalue weighted by Crippen LogP contribution is 2.52. The van der Waals surface area contributed by atoms with Crippen LogP contribution in [0.15, 0.2) is 29.4 Å². The summed E-state index contributed by atoms with van der Waals surface area (Å²) in [6, 6.07) is 5.48. The lowest BCUT2D eigenvalue weighted by molar-refractivity contribution is -0.159. The number of phosphoric ester groups is 1. The molecule has 0 bridgehead atoms. The topological polar surface area (TPSA) is 110 Å². The first-order valence-electron chi connectivity index (χ1n) is 9.10. The average Bonchev–Trinajstić information content (AvgIpc) is 3.16. The molecule has 1 saturated heterocycles. The third-order valence-electron chi connectivity index (χ3n) is 3.42. The van der Waals surface area contributed by atoms with E-state index in [2.05, 4.69) is 4.98 Å². The van der Waals surface area contributed by atoms with Crippen molar-refractivity contribution < 1.29 is 37.2 Å². The lowest BCUT2D eigenvalue weighted by Crippen LogP contribution is -2.30. The van der Waals surface area contributed by atoms with Gasteiger partial charge in [-0.2, -0.15) is 0 Å². The summed E-state index contributed by atoms with van der Waals surface area (Å²) >= 11 is 0. The van der Waals surface area contributed by atoms with Crippen molar-refractivity contribution in [2.75, 3.05) is 32.2 Å². The Kier molecular flexibility index (Phi) is 11.0. The SMILES string of the molecule is CCCCC(=O)OCC(COP1(=O)OCCO1)OC(=O)CSSc1ccccn1. The van der Waals surface area contributed by atoms with Crippen LogP contribution in [0, 0.1) is 0 Å². The summed E-state index contributed by atoms with van der Waals surface area (Å²) in [5.74, 6) is -0.872. The summed E-state index contributed by atoms with van der Waals surface area (Å²) in [6.07, 6.45) is 2.58. The highest BCUT2D eigenvalue weighted by Gasteiger charge is 2.33. The first-order chi connectivity index (χ1) is 14.0. The van der Waals surface area contributed by atoms with Gasteiger partial charge in [-0.25, -0.2) is 9.55 Å². The van der Waals surface area contributed by atoms with E-state index in [1.165, 1.54) is 21.6 Å². The Hall–Kier alpha value is -1.10. The number of hydrogen-bond acceptors (Lipinski definition) is 11. The van der Waals surface area contributed by atoms with Gasteiger partial charge in [0.2, 0.25) is 0 Å². The molecule has 2 heterocycles. The molecule has 0 radical (unpaired) electrons. The summed E-state index contributed by atoms with van der Waals surface area (Å²) in [7, 11) is -1.04. The van der Waals surface area contributed by atoms with Gasteiger partial charge in [-0.1, -0.05) is 30.2 Å². The fraction of sp³-hybridized carbons (Fsp3) is 0.588. The maximum absolute atomic E-state index is 12.1. The fourth-order valence-electron chi connectivity index (χ4n) is 2.03. The van der Waals surface area contributed by atoms with E-state index < -0.39 is 25.9 Å². The van der Waals surface area contributed by atoms with Crippen LogP contribution in [0.25, 0.3) is 0 Å². The van der Waals surface area contributed by atoms with Gasteiger partial charge in [0.1, 0.15) is 17.4 Å². The number of esters is 2. The van der Waals surface area contributed by atoms with E-state index >= 15 is 0 Å². The number of ether oxygens (including phenoxy) is 2. The molecule has 12 heteroatoms. The minimum Gasteiger partial charge on any atom is -0.462 e. The molecule has 0 spiro atoms. The zero-order chi connectivity index (χ0) is 21.0. The van der Waals surface area contributed by atoms with Gasteiger partial charge >= 0.3 is 19.8 Å². The molecule has 1 unspecified atom stereocenters. The maximum Gasteiger partial charge on any atom is 0.475 e. The van der Waals surface area contributed by atoms with Crippen molar-refractivity contribution in [3.63, 3.8) is 0 Å². The van der Waals surface area contributed by atoms with Gasteiger partial charge in [0, 0.05) is 12.6 Å². The van der Waals surface area contributed by atoms with Crippen molar-refractivity contribution in [1.82, 2.24) is 4.98 Å². The number of hydrogen-bond donors (Lipinski definition) is 0. The minimum absolute atomic E-state index is 0.0478. The Morgan fingerprint density at radius 3 is 2.72 bits per heavy atom. The quantitative estimate of drug-likeness (QED) is 0.242. The van der Waals surface area contributed by atoms with Gasteiger partial charge in [0.05, 0.1) is 19.8 Å². The number of phosphoric acid groups is 1. The molecule has 0 saturated carbocycles. The Morgan fingerprint density at radius 1 is 1.24 bits per heavy atom. The Balaban J connectivity index is 1.79. The molecule has 1 fully saturated rings. The van der Waals surface area contributed by atoms with Crippen LogP contribution < -0.4 is 0 Å². The predicted molar refractivity (Wildman–Crippen MR) is 108 cm³/mol. The van der Waals surface area contributed by atoms with Crippen LogP contribution in [0.4, 0.5) is 0 Å². The standard InChI is InChI=1S/C17H24NO8PS2/c1-2-3-7-16(19)22-11-14(12-25-27(21)23-9-10-24-27)26-17(20)13-28-29-15-6-4-5-8-18-15/h4-6,8,14H,2-3,7,9-13H2,1H3. The van der Waals surface area contributed by atoms with Crippen molar-refractivity contribution in [2.24, 2.45) is 0 Å². The predicted octanol–water partition coefficient (Wildman–Crippen LogP) is 3.64. The molecule has 162 valence electrons. The number of aromatic nitrogens is 1. The smallest absolute Gasteiger partial charge is 0.462 e. The van der Waals surface area contributed by atoms with E-state index in [1.807, 2.05) is 19.1 Å². The third-order valence-corrected chi connectivity index (χ3v) is 6.99. The van der Waals surface area contributed by atoms with Crippen molar-refractivity contribution in [1.29, 1.82) is 0 Å². The van der Waals surface area contributed by atoms with Crippen molar-refractivity contribution in [2.45, 2.75) is 37.3 Å². The second kappa shape index (κ2) is 13.3. The molecular weight excluding hydrogens is 441 g/mol. The second-order valence-electron chi connectivity index (χ2n) is 5.82. The Bertz CT molecular complexity index is 683. The number of unbranched alkanes of at least 4 members (excludes halogenated alkanes) is 1. The highest BCUT2D eigenvalue weighted by atomic mass is 33.1. The number of carbonyl (C=O) groups excluding carboxylic acids is 2. The molecular formula is C17H24NO8PS2. The van der Waals surface area contributed by atoms with E-state index in [1.54, 1.807) is 12.3 Å². The van der Waals surface area contributed by atoms with E-state index in [0.717, 1.165) is 11.4 Å². The van der Waals surface area contributed by atoms with Gasteiger partial charge in [-0.05, 0) is 29.3 Å². The van der Waals surface area contributed by atoms with E-state index in [9.17, 15) is 14.2 Å². The lowest BCUT2D eigenvalue weighted by atomic mass is 10.2. The molecule has 1 aromatic heterocycles. The van der Waals surface area contributed by atoms with Crippen LogP contribution in [-0.4, -0.2) is 55.2 Å². The second-order valence-corrected chi connectivity index (χ2v) is 9.81. The molecule has 0 aromatic carbocycles. The number of pyridine rings is 1. The summed E-state index contributed by atoms with van der Waals surface area (Å²) in [5.41, 5.74) is 0. The van der Waals surface area contributed by atoms with Crippen LogP contribution in [0.3, 0.4) is 0 Å². The number of carbonyl (C=O) groups is 2. The number of nitrogens with zero attached hydrogens (tertiary/aromatic N) is 1. The number of rotatable bonds is 13. The maximum atomic E-state index is 12.1. The molecule has 29 heavy (non-hydrogen) atoms. The lowest BCUT2D eigenvalue weighted by Gasteiger charge is -2.19. The van der Waals surface area contributed by atoms with Gasteiger partial charge < -0.3 is 9.47 Å². The summed E-state index contributed by atoms with van der Waals surface area (Å²) < 4.78 is 37.6. The zero-order valence-electron chi connectivity index (χ0n) is 16.0. The minimum atomic E-state index is -3.64. The van der Waals surface area contributed by atoms with Crippen molar-refractivity contribution in [3.8, 4) is 0 Å². The molecule has 2 rings (SSSR count). The Morgan fingerprint density at radius 2 is 2.03 bits per heavy atom. The summed E-state index contributed by atoms with van der Waals surface area (Å²) in [4.78, 5) is 28.0. The first kappa shape index (κ1) is 24.2. The molecule has 1 aromatic rings. The third kappa shape index (κ3) is 9.97. The molecule has 0 aliphatic carbocycles. The van der Waals surface area contributed by atoms with Crippen LogP contribution in [-0.2, 0) is 37.2 Å². The van der Waals surface area contributed by atoms with Crippen LogP contribution in [0.1, 0.15) is 26.2 Å². The van der Waals surface area contributed by atoms with Gasteiger partial charge in [-0.15, -0.1) is 0 Å². The van der Waals surface area contributed by atoms with Crippen LogP contribution in [0.2, 0.25) is 0 Å². The molecule has 1 atom stereocenters. The van der Waals surface area contributed by atoms with Gasteiger partial charge in [0.25, 0.3) is 0 Å². The van der Waals surface area contributed by atoms with Crippen LogP contribution in [0.5, 0.6) is 0 Å². The van der Waals surface area contributed by atoms with E-state index in [4.69, 9.17) is 23.0 Å². The monoisotopic (exact) mass is 465 g/mol. The van der Waals surface area contributed by atoms with Crippen molar-refractivity contribution >= 4 is 41.3 Å². The highest BCUT2D eigenvalue weighted by molar-refractivity contribution is 8.76. The van der Waals surface area contributed by atoms with Gasteiger partial charge in [0.15, 0.2) is 6.10 Å². The van der Waals surface area contributed by atoms with E-state index in [-0.39, 0.29) is 38.6 Å². The normalized spacial score (nSPS) is 16.3. The fourth-order valence-corrected chi connectivity index (χ4v) is 4.91. The molecule has 0 amide bonds. The Labute approximate surface area is 177 Å². The molecule has 0 N–H and O–H groups in total. The summed E-state index contributed by atoms with van der Waals surface area (Å²) in [5, 5.41) is 0.767. The summed E-state index contributed by atoms with van der Waals surface area (Å²) in [6.45, 7) is 1.81. The van der Waals surface area contributed by atoms with Crippen molar-refractivity contribution in [3.05, 3.63) is 24.4 Å². The van der Waals surface area contributed by atoms with Crippen LogP contribution >= 0.6 is 29.4 Å². The zero-order valence-corrected chi connectivity index (χ0v) is 18.5.